The molecule has 0 aliphatic heterocycles. The number of ether oxygens (including phenoxy) is 1. The van der Waals surface area contributed by atoms with Gasteiger partial charge in [0.25, 0.3) is 0 Å². The van der Waals surface area contributed by atoms with Crippen LogP contribution in [0.1, 0.15) is 26.8 Å². The zero-order valence-electron chi connectivity index (χ0n) is 11.8. The largest absolute Gasteiger partial charge is 0.491 e. The van der Waals surface area contributed by atoms with Crippen LogP contribution in [0.2, 0.25) is 0 Å². The van der Waals surface area contributed by atoms with Crippen LogP contribution in [-0.2, 0) is 4.79 Å². The minimum Gasteiger partial charge on any atom is -0.491 e. The summed E-state index contributed by atoms with van der Waals surface area (Å²) in [6.45, 7) is 5.55. The van der Waals surface area contributed by atoms with E-state index in [1.807, 2.05) is 38.1 Å². The molecule has 0 bridgehead atoms. The number of hydrogen-bond donors (Lipinski definition) is 1. The zero-order valence-corrected chi connectivity index (χ0v) is 11.8. The second kappa shape index (κ2) is 5.77. The Morgan fingerprint density at radius 2 is 1.85 bits per heavy atom. The summed E-state index contributed by atoms with van der Waals surface area (Å²) in [7, 11) is 0. The van der Waals surface area contributed by atoms with E-state index in [4.69, 9.17) is 9.84 Å². The predicted molar refractivity (Wildman–Crippen MR) is 75.8 cm³/mol. The number of nitrogens with zero attached hydrogens (tertiary/aromatic N) is 2. The van der Waals surface area contributed by atoms with Gasteiger partial charge in [0.15, 0.2) is 0 Å². The molecule has 1 N–H and O–H groups in total. The zero-order chi connectivity index (χ0) is 14.7. The van der Waals surface area contributed by atoms with Crippen LogP contribution in [0, 0.1) is 0 Å². The molecule has 0 amide bonds. The Kier molecular flexibility index (Phi) is 4.08. The average Bonchev–Trinajstić information content (AvgIpc) is 2.87. The van der Waals surface area contributed by atoms with Crippen LogP contribution in [0.5, 0.6) is 5.75 Å². The smallest absolute Gasteiger partial charge is 0.328 e. The topological polar surface area (TPSA) is 64.4 Å². The number of benzene rings is 1. The van der Waals surface area contributed by atoms with Gasteiger partial charge >= 0.3 is 5.97 Å². The molecule has 1 heterocycles. The van der Waals surface area contributed by atoms with Crippen molar-refractivity contribution in [2.75, 3.05) is 0 Å². The van der Waals surface area contributed by atoms with E-state index >= 15 is 0 Å². The van der Waals surface area contributed by atoms with Gasteiger partial charge in [0.2, 0.25) is 0 Å². The Bertz CT molecular complexity index is 587. The molecule has 0 aliphatic carbocycles. The average molecular weight is 274 g/mol. The fourth-order valence-electron chi connectivity index (χ4n) is 1.81. The first-order valence-corrected chi connectivity index (χ1v) is 6.51. The molecule has 2 aromatic rings. The summed E-state index contributed by atoms with van der Waals surface area (Å²) < 4.78 is 7.02. The standard InChI is InChI=1S/C15H18N2O3/c1-10(2)20-14-6-4-12(5-7-14)13-8-16-17(9-13)11(3)15(18)19/h4-11H,1-3H3,(H,18,19)/t11-/m0/s1. The maximum absolute atomic E-state index is 10.9. The Morgan fingerprint density at radius 1 is 1.20 bits per heavy atom. The van der Waals surface area contributed by atoms with Crippen molar-refractivity contribution in [1.82, 2.24) is 9.78 Å². The van der Waals surface area contributed by atoms with Gasteiger partial charge < -0.3 is 9.84 Å². The van der Waals surface area contributed by atoms with Gasteiger partial charge in [0.1, 0.15) is 11.8 Å². The molecule has 0 unspecified atom stereocenters. The number of aliphatic carboxylic acids is 1. The molecule has 1 aromatic heterocycles. The first kappa shape index (κ1) is 14.1. The summed E-state index contributed by atoms with van der Waals surface area (Å²) in [5.41, 5.74) is 1.86. The molecule has 0 fully saturated rings. The molecule has 0 radical (unpaired) electrons. The van der Waals surface area contributed by atoms with Crippen LogP contribution in [0.25, 0.3) is 11.1 Å². The second-order valence-electron chi connectivity index (χ2n) is 4.91. The van der Waals surface area contributed by atoms with Gasteiger partial charge in [0, 0.05) is 11.8 Å². The first-order chi connectivity index (χ1) is 9.47. The van der Waals surface area contributed by atoms with E-state index in [1.54, 1.807) is 19.3 Å². The molecule has 5 heteroatoms. The molecule has 1 atom stereocenters. The number of hydrogen-bond acceptors (Lipinski definition) is 3. The highest BCUT2D eigenvalue weighted by atomic mass is 16.5. The van der Waals surface area contributed by atoms with E-state index in [-0.39, 0.29) is 6.10 Å². The third-order valence-electron chi connectivity index (χ3n) is 2.92. The number of rotatable bonds is 5. The fourth-order valence-corrected chi connectivity index (χ4v) is 1.81. The van der Waals surface area contributed by atoms with Crippen molar-refractivity contribution in [2.45, 2.75) is 32.9 Å². The van der Waals surface area contributed by atoms with E-state index in [2.05, 4.69) is 5.10 Å². The van der Waals surface area contributed by atoms with Crippen molar-refractivity contribution in [2.24, 2.45) is 0 Å². The lowest BCUT2D eigenvalue weighted by Gasteiger charge is -2.09. The quantitative estimate of drug-likeness (QED) is 0.910. The summed E-state index contributed by atoms with van der Waals surface area (Å²) in [5.74, 6) is -0.0876. The Labute approximate surface area is 117 Å². The van der Waals surface area contributed by atoms with Crippen LogP contribution in [-0.4, -0.2) is 27.0 Å². The molecular weight excluding hydrogens is 256 g/mol. The van der Waals surface area contributed by atoms with Gasteiger partial charge in [-0.05, 0) is 38.5 Å². The predicted octanol–water partition coefficient (Wildman–Crippen LogP) is 2.98. The van der Waals surface area contributed by atoms with Crippen molar-refractivity contribution < 1.29 is 14.6 Å². The molecule has 1 aromatic carbocycles. The van der Waals surface area contributed by atoms with Crippen LogP contribution in [0.3, 0.4) is 0 Å². The summed E-state index contributed by atoms with van der Waals surface area (Å²) in [5, 5.41) is 13.0. The van der Waals surface area contributed by atoms with E-state index in [1.165, 1.54) is 4.68 Å². The molecule has 0 saturated heterocycles. The first-order valence-electron chi connectivity index (χ1n) is 6.51. The maximum Gasteiger partial charge on any atom is 0.328 e. The highest BCUT2D eigenvalue weighted by Crippen LogP contribution is 2.23. The SMILES string of the molecule is CC(C)Oc1ccc(-c2cnn([C@@H](C)C(=O)O)c2)cc1. The minimum atomic E-state index is -0.902. The Balaban J connectivity index is 2.18. The van der Waals surface area contributed by atoms with Gasteiger partial charge in [0.05, 0.1) is 12.3 Å². The lowest BCUT2D eigenvalue weighted by molar-refractivity contribution is -0.140. The summed E-state index contributed by atoms with van der Waals surface area (Å²) >= 11 is 0. The van der Waals surface area contributed by atoms with E-state index in [9.17, 15) is 4.79 Å². The number of carboxylic acid groups (broad SMARTS) is 1. The van der Waals surface area contributed by atoms with Crippen molar-refractivity contribution in [3.05, 3.63) is 36.7 Å². The highest BCUT2D eigenvalue weighted by molar-refractivity contribution is 5.71. The number of carboxylic acids is 1. The lowest BCUT2D eigenvalue weighted by atomic mass is 10.1. The van der Waals surface area contributed by atoms with Gasteiger partial charge in [-0.25, -0.2) is 4.79 Å². The molecule has 0 saturated carbocycles. The summed E-state index contributed by atoms with van der Waals surface area (Å²) in [6, 6.07) is 6.99. The van der Waals surface area contributed by atoms with Crippen molar-refractivity contribution >= 4 is 5.97 Å². The second-order valence-corrected chi connectivity index (χ2v) is 4.91. The lowest BCUT2D eigenvalue weighted by Crippen LogP contribution is -2.15. The van der Waals surface area contributed by atoms with Crippen LogP contribution in [0.4, 0.5) is 0 Å². The Hall–Kier alpha value is -2.30. The van der Waals surface area contributed by atoms with Crippen LogP contribution in [0.15, 0.2) is 36.7 Å². The third-order valence-corrected chi connectivity index (χ3v) is 2.92. The summed E-state index contributed by atoms with van der Waals surface area (Å²) in [4.78, 5) is 10.9. The monoisotopic (exact) mass is 274 g/mol. The normalized spacial score (nSPS) is 12.4. The van der Waals surface area contributed by atoms with Gasteiger partial charge in [-0.15, -0.1) is 0 Å². The van der Waals surface area contributed by atoms with Crippen molar-refractivity contribution in [3.8, 4) is 16.9 Å². The van der Waals surface area contributed by atoms with E-state index in [0.29, 0.717) is 0 Å². The van der Waals surface area contributed by atoms with E-state index < -0.39 is 12.0 Å². The van der Waals surface area contributed by atoms with Gasteiger partial charge in [-0.2, -0.15) is 5.10 Å². The van der Waals surface area contributed by atoms with Crippen molar-refractivity contribution in [1.29, 1.82) is 0 Å². The number of aromatic nitrogens is 2. The third kappa shape index (κ3) is 3.17. The van der Waals surface area contributed by atoms with Gasteiger partial charge in [-0.3, -0.25) is 4.68 Å². The summed E-state index contributed by atoms with van der Waals surface area (Å²) in [6.07, 6.45) is 3.54. The maximum atomic E-state index is 10.9. The minimum absolute atomic E-state index is 0.139. The van der Waals surface area contributed by atoms with Crippen LogP contribution >= 0.6 is 0 Å². The molecule has 106 valence electrons. The molecule has 20 heavy (non-hydrogen) atoms. The number of carbonyl (C=O) groups is 1. The molecule has 5 nitrogen and oxygen atoms in total. The van der Waals surface area contributed by atoms with Crippen LogP contribution < -0.4 is 4.74 Å². The molecule has 2 rings (SSSR count). The molecular formula is C15H18N2O3. The van der Waals surface area contributed by atoms with Gasteiger partial charge in [-0.1, -0.05) is 12.1 Å². The Morgan fingerprint density at radius 3 is 2.40 bits per heavy atom. The molecule has 0 aliphatic rings. The molecule has 0 spiro atoms. The fraction of sp³-hybridized carbons (Fsp3) is 0.333. The highest BCUT2D eigenvalue weighted by Gasteiger charge is 2.14. The van der Waals surface area contributed by atoms with Crippen molar-refractivity contribution in [3.63, 3.8) is 0 Å². The van der Waals surface area contributed by atoms with E-state index in [0.717, 1.165) is 16.9 Å².